The highest BCUT2D eigenvalue weighted by molar-refractivity contribution is 5.67. The summed E-state index contributed by atoms with van der Waals surface area (Å²) in [5.41, 5.74) is 0.282. The van der Waals surface area contributed by atoms with Gasteiger partial charge in [0.1, 0.15) is 0 Å². The Kier molecular flexibility index (Phi) is 2.96. The van der Waals surface area contributed by atoms with Crippen LogP contribution in [0.15, 0.2) is 0 Å². The lowest BCUT2D eigenvalue weighted by Crippen LogP contribution is -2.22. The maximum absolute atomic E-state index is 10.4. The topological polar surface area (TPSA) is 57.5 Å². The lowest BCUT2D eigenvalue weighted by molar-refractivity contribution is -0.140. The van der Waals surface area contributed by atoms with E-state index in [9.17, 15) is 9.90 Å². The van der Waals surface area contributed by atoms with Crippen molar-refractivity contribution in [3.05, 3.63) is 0 Å². The van der Waals surface area contributed by atoms with Crippen LogP contribution in [-0.2, 0) is 4.79 Å². The zero-order valence-corrected chi connectivity index (χ0v) is 8.29. The van der Waals surface area contributed by atoms with Crippen LogP contribution < -0.4 is 0 Å². The van der Waals surface area contributed by atoms with Gasteiger partial charge in [0.15, 0.2) is 0 Å². The number of aliphatic hydroxyl groups is 1. The largest absolute Gasteiger partial charge is 0.481 e. The summed E-state index contributed by atoms with van der Waals surface area (Å²) in [6.07, 6.45) is 2.23. The number of carboxylic acid groups (broad SMARTS) is 1. The summed E-state index contributed by atoms with van der Waals surface area (Å²) in [5.74, 6) is -0.719. The summed E-state index contributed by atoms with van der Waals surface area (Å²) in [4.78, 5) is 10.4. The zero-order chi connectivity index (χ0) is 10.1. The number of rotatable bonds is 3. The molecule has 3 nitrogen and oxygen atoms in total. The average Bonchev–Trinajstić information content (AvgIpc) is 2.28. The van der Waals surface area contributed by atoms with E-state index in [4.69, 9.17) is 5.11 Å². The second-order valence-electron chi connectivity index (χ2n) is 4.83. The molecular weight excluding hydrogens is 168 g/mol. The van der Waals surface area contributed by atoms with Crippen LogP contribution in [0.25, 0.3) is 0 Å². The molecule has 0 spiro atoms. The van der Waals surface area contributed by atoms with E-state index in [0.717, 1.165) is 19.3 Å². The van der Waals surface area contributed by atoms with Gasteiger partial charge in [-0.3, -0.25) is 4.79 Å². The molecule has 0 aromatic carbocycles. The standard InChI is InChI=1S/C10H18O3/c1-10(2)4-3-7(6-10)8(11)5-9(12)13/h7-8,11H,3-6H2,1-2H3,(H,12,13). The Morgan fingerprint density at radius 1 is 1.62 bits per heavy atom. The van der Waals surface area contributed by atoms with E-state index in [0.29, 0.717) is 0 Å². The molecular formula is C10H18O3. The van der Waals surface area contributed by atoms with Crippen molar-refractivity contribution >= 4 is 5.97 Å². The first-order valence-corrected chi connectivity index (χ1v) is 4.80. The van der Waals surface area contributed by atoms with Crippen LogP contribution in [0.1, 0.15) is 39.5 Å². The molecule has 0 aromatic rings. The predicted molar refractivity (Wildman–Crippen MR) is 49.4 cm³/mol. The fourth-order valence-electron chi connectivity index (χ4n) is 2.16. The number of aliphatic carboxylic acids is 1. The van der Waals surface area contributed by atoms with Crippen LogP contribution in [0, 0.1) is 11.3 Å². The maximum atomic E-state index is 10.4. The lowest BCUT2D eigenvalue weighted by atomic mass is 9.89. The van der Waals surface area contributed by atoms with E-state index < -0.39 is 12.1 Å². The number of carbonyl (C=O) groups is 1. The summed E-state index contributed by atoms with van der Waals surface area (Å²) >= 11 is 0. The molecule has 1 rings (SSSR count). The van der Waals surface area contributed by atoms with Crippen LogP contribution in [0.2, 0.25) is 0 Å². The molecule has 0 amide bonds. The van der Waals surface area contributed by atoms with Gasteiger partial charge in [-0.25, -0.2) is 0 Å². The van der Waals surface area contributed by atoms with Crippen molar-refractivity contribution in [3.8, 4) is 0 Å². The van der Waals surface area contributed by atoms with Crippen LogP contribution in [0.3, 0.4) is 0 Å². The molecule has 1 fully saturated rings. The van der Waals surface area contributed by atoms with E-state index in [1.165, 1.54) is 0 Å². The quantitative estimate of drug-likeness (QED) is 0.704. The van der Waals surface area contributed by atoms with Gasteiger partial charge in [-0.15, -0.1) is 0 Å². The number of carboxylic acids is 1. The molecule has 0 heterocycles. The summed E-state index contributed by atoms with van der Waals surface area (Å²) < 4.78 is 0. The van der Waals surface area contributed by atoms with E-state index in [-0.39, 0.29) is 17.8 Å². The van der Waals surface area contributed by atoms with Crippen molar-refractivity contribution in [1.82, 2.24) is 0 Å². The fraction of sp³-hybridized carbons (Fsp3) is 0.900. The summed E-state index contributed by atoms with van der Waals surface area (Å²) in [6, 6.07) is 0. The first kappa shape index (κ1) is 10.5. The molecule has 1 saturated carbocycles. The molecule has 0 aromatic heterocycles. The van der Waals surface area contributed by atoms with Gasteiger partial charge < -0.3 is 10.2 Å². The van der Waals surface area contributed by atoms with Crippen molar-refractivity contribution in [2.75, 3.05) is 0 Å². The van der Waals surface area contributed by atoms with Gasteiger partial charge in [0.2, 0.25) is 0 Å². The Hall–Kier alpha value is -0.570. The van der Waals surface area contributed by atoms with Crippen molar-refractivity contribution in [2.45, 2.75) is 45.6 Å². The third-order valence-electron chi connectivity index (χ3n) is 2.93. The van der Waals surface area contributed by atoms with Crippen molar-refractivity contribution in [2.24, 2.45) is 11.3 Å². The van der Waals surface area contributed by atoms with Crippen LogP contribution in [0.4, 0.5) is 0 Å². The normalized spacial score (nSPS) is 28.7. The lowest BCUT2D eigenvalue weighted by Gasteiger charge is -2.19. The van der Waals surface area contributed by atoms with E-state index in [1.807, 2.05) is 0 Å². The molecule has 0 saturated heterocycles. The Morgan fingerprint density at radius 2 is 2.23 bits per heavy atom. The summed E-state index contributed by atoms with van der Waals surface area (Å²) in [6.45, 7) is 4.33. The van der Waals surface area contributed by atoms with Gasteiger partial charge in [-0.1, -0.05) is 13.8 Å². The molecule has 3 heteroatoms. The molecule has 2 atom stereocenters. The number of hydrogen-bond acceptors (Lipinski definition) is 2. The zero-order valence-electron chi connectivity index (χ0n) is 8.29. The van der Waals surface area contributed by atoms with Crippen molar-refractivity contribution in [3.63, 3.8) is 0 Å². The Bertz CT molecular complexity index is 198. The first-order chi connectivity index (χ1) is 5.91. The third-order valence-corrected chi connectivity index (χ3v) is 2.93. The Morgan fingerprint density at radius 3 is 2.62 bits per heavy atom. The van der Waals surface area contributed by atoms with E-state index in [1.54, 1.807) is 0 Å². The minimum Gasteiger partial charge on any atom is -0.481 e. The molecule has 1 aliphatic rings. The molecule has 76 valence electrons. The Labute approximate surface area is 78.8 Å². The van der Waals surface area contributed by atoms with Crippen LogP contribution in [-0.4, -0.2) is 22.3 Å². The van der Waals surface area contributed by atoms with Crippen LogP contribution in [0.5, 0.6) is 0 Å². The number of hydrogen-bond donors (Lipinski definition) is 2. The van der Waals surface area contributed by atoms with Crippen molar-refractivity contribution < 1.29 is 15.0 Å². The second kappa shape index (κ2) is 3.66. The predicted octanol–water partition coefficient (Wildman–Crippen LogP) is 1.65. The number of aliphatic hydroxyl groups excluding tert-OH is 1. The van der Waals surface area contributed by atoms with Crippen LogP contribution >= 0.6 is 0 Å². The summed E-state index contributed by atoms with van der Waals surface area (Å²) in [5, 5.41) is 18.1. The molecule has 1 aliphatic carbocycles. The van der Waals surface area contributed by atoms with Gasteiger partial charge in [0, 0.05) is 0 Å². The fourth-order valence-corrected chi connectivity index (χ4v) is 2.16. The van der Waals surface area contributed by atoms with Gasteiger partial charge in [-0.05, 0) is 30.6 Å². The van der Waals surface area contributed by atoms with Gasteiger partial charge >= 0.3 is 5.97 Å². The first-order valence-electron chi connectivity index (χ1n) is 4.80. The van der Waals surface area contributed by atoms with Gasteiger partial charge in [0.25, 0.3) is 0 Å². The molecule has 2 N–H and O–H groups in total. The monoisotopic (exact) mass is 186 g/mol. The highest BCUT2D eigenvalue weighted by Gasteiger charge is 2.35. The SMILES string of the molecule is CC1(C)CCC(C(O)CC(=O)O)C1. The molecule has 13 heavy (non-hydrogen) atoms. The molecule has 0 aliphatic heterocycles. The molecule has 0 bridgehead atoms. The highest BCUT2D eigenvalue weighted by Crippen LogP contribution is 2.42. The summed E-state index contributed by atoms with van der Waals surface area (Å²) in [7, 11) is 0. The third kappa shape index (κ3) is 2.99. The van der Waals surface area contributed by atoms with Gasteiger partial charge in [-0.2, -0.15) is 0 Å². The van der Waals surface area contributed by atoms with E-state index in [2.05, 4.69) is 13.8 Å². The molecule has 0 radical (unpaired) electrons. The smallest absolute Gasteiger partial charge is 0.305 e. The second-order valence-corrected chi connectivity index (χ2v) is 4.83. The Balaban J connectivity index is 2.42. The van der Waals surface area contributed by atoms with Crippen molar-refractivity contribution in [1.29, 1.82) is 0 Å². The van der Waals surface area contributed by atoms with E-state index >= 15 is 0 Å². The highest BCUT2D eigenvalue weighted by atomic mass is 16.4. The maximum Gasteiger partial charge on any atom is 0.305 e. The average molecular weight is 186 g/mol. The minimum atomic E-state index is -0.905. The van der Waals surface area contributed by atoms with Gasteiger partial charge in [0.05, 0.1) is 12.5 Å². The molecule has 2 unspecified atom stereocenters. The minimum absolute atomic E-state index is 0.110.